The Morgan fingerprint density at radius 1 is 1.69 bits per heavy atom. The predicted molar refractivity (Wildman–Crippen MR) is 54.3 cm³/mol. The van der Waals surface area contributed by atoms with E-state index in [9.17, 15) is 4.79 Å². The maximum atomic E-state index is 11.2. The van der Waals surface area contributed by atoms with Gasteiger partial charge < -0.3 is 5.73 Å². The minimum Gasteiger partial charge on any atom is -0.327 e. The molecule has 2 nitrogen and oxygen atoms in total. The Hall–Kier alpha value is -0.630. The van der Waals surface area contributed by atoms with Crippen molar-refractivity contribution in [2.24, 2.45) is 17.1 Å². The Labute approximate surface area is 80.2 Å². The van der Waals surface area contributed by atoms with Crippen molar-refractivity contribution in [2.75, 3.05) is 0 Å². The van der Waals surface area contributed by atoms with Crippen LogP contribution in [0.3, 0.4) is 0 Å². The van der Waals surface area contributed by atoms with E-state index >= 15 is 0 Å². The molecule has 0 aromatic rings. The number of allylic oxidation sites excluding steroid dienone is 2. The quantitative estimate of drug-likeness (QED) is 0.707. The first-order valence-corrected chi connectivity index (χ1v) is 4.95. The molecule has 1 aliphatic carbocycles. The van der Waals surface area contributed by atoms with Crippen molar-refractivity contribution in [1.82, 2.24) is 0 Å². The van der Waals surface area contributed by atoms with E-state index in [1.807, 2.05) is 6.08 Å². The minimum absolute atomic E-state index is 0.0728. The number of rotatable bonds is 2. The molecule has 1 aliphatic rings. The van der Waals surface area contributed by atoms with Crippen LogP contribution in [0.5, 0.6) is 0 Å². The first-order chi connectivity index (χ1) is 5.97. The lowest BCUT2D eigenvalue weighted by Crippen LogP contribution is -2.41. The van der Waals surface area contributed by atoms with Gasteiger partial charge in [-0.2, -0.15) is 0 Å². The summed E-state index contributed by atoms with van der Waals surface area (Å²) in [5, 5.41) is 0. The second-order valence-corrected chi connectivity index (χ2v) is 4.50. The highest BCUT2D eigenvalue weighted by molar-refractivity contribution is 5.91. The second-order valence-electron chi connectivity index (χ2n) is 4.50. The fourth-order valence-electron chi connectivity index (χ4n) is 1.97. The Morgan fingerprint density at radius 2 is 2.31 bits per heavy atom. The Kier molecular flexibility index (Phi) is 2.91. The van der Waals surface area contributed by atoms with Gasteiger partial charge in [0.25, 0.3) is 0 Å². The molecule has 0 spiro atoms. The van der Waals surface area contributed by atoms with Crippen molar-refractivity contribution in [3.8, 4) is 0 Å². The van der Waals surface area contributed by atoms with Crippen LogP contribution in [0.1, 0.15) is 33.6 Å². The molecule has 0 saturated heterocycles. The van der Waals surface area contributed by atoms with Crippen LogP contribution in [0.25, 0.3) is 0 Å². The average Bonchev–Trinajstić information content (AvgIpc) is 2.08. The smallest absolute Gasteiger partial charge is 0.155 e. The number of carbonyl (C=O) groups is 1. The molecule has 0 aromatic carbocycles. The van der Waals surface area contributed by atoms with E-state index in [1.165, 1.54) is 0 Å². The molecule has 1 rings (SSSR count). The number of ketones is 1. The summed E-state index contributed by atoms with van der Waals surface area (Å²) in [6, 6.07) is 0.142. The zero-order valence-corrected chi connectivity index (χ0v) is 8.71. The van der Waals surface area contributed by atoms with Gasteiger partial charge in [-0.05, 0) is 23.8 Å². The van der Waals surface area contributed by atoms with Crippen LogP contribution in [-0.2, 0) is 4.79 Å². The van der Waals surface area contributed by atoms with Crippen molar-refractivity contribution in [3.63, 3.8) is 0 Å². The molecule has 2 unspecified atom stereocenters. The SMILES string of the molecule is CCC(N)C1CC(=O)C=CC1(C)C. The minimum atomic E-state index is 0.0728. The number of nitrogens with two attached hydrogens (primary N) is 1. The summed E-state index contributed by atoms with van der Waals surface area (Å²) in [5.41, 5.74) is 6.07. The standard InChI is InChI=1S/C11H19NO/c1-4-10(12)9-7-8(13)5-6-11(9,2)3/h5-6,9-10H,4,7,12H2,1-3H3. The predicted octanol–water partition coefficient (Wildman–Crippen LogP) is 1.90. The van der Waals surface area contributed by atoms with Gasteiger partial charge in [-0.1, -0.05) is 26.8 Å². The van der Waals surface area contributed by atoms with Gasteiger partial charge in [0.2, 0.25) is 0 Å². The lowest BCUT2D eigenvalue weighted by atomic mass is 9.69. The van der Waals surface area contributed by atoms with Crippen LogP contribution >= 0.6 is 0 Å². The van der Waals surface area contributed by atoms with Crippen LogP contribution in [0.15, 0.2) is 12.2 Å². The van der Waals surface area contributed by atoms with Crippen molar-refractivity contribution in [2.45, 2.75) is 39.7 Å². The van der Waals surface area contributed by atoms with Crippen molar-refractivity contribution in [3.05, 3.63) is 12.2 Å². The molecule has 0 aliphatic heterocycles. The van der Waals surface area contributed by atoms with Crippen LogP contribution in [0.4, 0.5) is 0 Å². The van der Waals surface area contributed by atoms with Crippen LogP contribution < -0.4 is 5.73 Å². The van der Waals surface area contributed by atoms with Crippen molar-refractivity contribution < 1.29 is 4.79 Å². The Balaban J connectivity index is 2.83. The third kappa shape index (κ3) is 2.19. The largest absolute Gasteiger partial charge is 0.327 e. The van der Waals surface area contributed by atoms with Crippen LogP contribution in [0.2, 0.25) is 0 Å². The first-order valence-electron chi connectivity index (χ1n) is 4.95. The van der Waals surface area contributed by atoms with E-state index in [1.54, 1.807) is 6.08 Å². The van der Waals surface area contributed by atoms with E-state index in [-0.39, 0.29) is 17.2 Å². The molecule has 0 bridgehead atoms. The highest BCUT2D eigenvalue weighted by Gasteiger charge is 2.35. The molecule has 2 atom stereocenters. The normalized spacial score (nSPS) is 28.9. The molecule has 0 saturated carbocycles. The van der Waals surface area contributed by atoms with E-state index < -0.39 is 0 Å². The maximum Gasteiger partial charge on any atom is 0.155 e. The van der Waals surface area contributed by atoms with Crippen molar-refractivity contribution in [1.29, 1.82) is 0 Å². The number of carbonyl (C=O) groups excluding carboxylic acids is 1. The third-order valence-electron chi connectivity index (χ3n) is 3.06. The fourth-order valence-corrected chi connectivity index (χ4v) is 1.97. The average molecular weight is 181 g/mol. The van der Waals surface area contributed by atoms with Gasteiger partial charge in [0, 0.05) is 12.5 Å². The Bertz CT molecular complexity index is 230. The van der Waals surface area contributed by atoms with E-state index in [0.717, 1.165) is 6.42 Å². The molecule has 74 valence electrons. The van der Waals surface area contributed by atoms with E-state index in [2.05, 4.69) is 20.8 Å². The highest BCUT2D eigenvalue weighted by atomic mass is 16.1. The van der Waals surface area contributed by atoms with Gasteiger partial charge in [-0.3, -0.25) is 4.79 Å². The lowest BCUT2D eigenvalue weighted by Gasteiger charge is -2.37. The summed E-state index contributed by atoms with van der Waals surface area (Å²) in [4.78, 5) is 11.2. The molecule has 0 aromatic heterocycles. The molecular formula is C11H19NO. The molecule has 13 heavy (non-hydrogen) atoms. The van der Waals surface area contributed by atoms with E-state index in [0.29, 0.717) is 12.3 Å². The lowest BCUT2D eigenvalue weighted by molar-refractivity contribution is -0.117. The second kappa shape index (κ2) is 3.62. The fraction of sp³-hybridized carbons (Fsp3) is 0.727. The maximum absolute atomic E-state index is 11.2. The third-order valence-corrected chi connectivity index (χ3v) is 3.06. The van der Waals surface area contributed by atoms with Gasteiger partial charge in [0.15, 0.2) is 5.78 Å². The highest BCUT2D eigenvalue weighted by Crippen LogP contribution is 2.37. The monoisotopic (exact) mass is 181 g/mol. The molecular weight excluding hydrogens is 162 g/mol. The van der Waals surface area contributed by atoms with Crippen LogP contribution in [-0.4, -0.2) is 11.8 Å². The molecule has 0 heterocycles. The summed E-state index contributed by atoms with van der Waals surface area (Å²) >= 11 is 0. The zero-order valence-electron chi connectivity index (χ0n) is 8.71. The van der Waals surface area contributed by atoms with E-state index in [4.69, 9.17) is 5.73 Å². The number of hydrogen-bond donors (Lipinski definition) is 1. The molecule has 0 radical (unpaired) electrons. The van der Waals surface area contributed by atoms with Crippen molar-refractivity contribution >= 4 is 5.78 Å². The molecule has 0 fully saturated rings. The van der Waals surface area contributed by atoms with Gasteiger partial charge in [-0.15, -0.1) is 0 Å². The summed E-state index contributed by atoms with van der Waals surface area (Å²) in [7, 11) is 0. The van der Waals surface area contributed by atoms with Gasteiger partial charge in [-0.25, -0.2) is 0 Å². The molecule has 0 amide bonds. The zero-order chi connectivity index (χ0) is 10.1. The van der Waals surface area contributed by atoms with Gasteiger partial charge >= 0.3 is 0 Å². The summed E-state index contributed by atoms with van der Waals surface area (Å²) in [5.74, 6) is 0.517. The number of hydrogen-bond acceptors (Lipinski definition) is 2. The van der Waals surface area contributed by atoms with Crippen LogP contribution in [0, 0.1) is 11.3 Å². The van der Waals surface area contributed by atoms with Gasteiger partial charge in [0.1, 0.15) is 0 Å². The topological polar surface area (TPSA) is 43.1 Å². The summed E-state index contributed by atoms with van der Waals surface area (Å²) in [6.07, 6.45) is 5.24. The first kappa shape index (κ1) is 10.5. The summed E-state index contributed by atoms with van der Waals surface area (Å²) < 4.78 is 0. The molecule has 2 heteroatoms. The Morgan fingerprint density at radius 3 is 2.85 bits per heavy atom. The van der Waals surface area contributed by atoms with Gasteiger partial charge in [0.05, 0.1) is 0 Å². The summed E-state index contributed by atoms with van der Waals surface area (Å²) in [6.45, 7) is 6.37. The molecule has 2 N–H and O–H groups in total.